The van der Waals surface area contributed by atoms with E-state index in [4.69, 9.17) is 33.2 Å². The highest BCUT2D eigenvalue weighted by Gasteiger charge is 2.19. The Kier molecular flexibility index (Phi) is 27.0. The van der Waals surface area contributed by atoms with Crippen LogP contribution >= 0.6 is 61.1 Å². The first-order valence-electron chi connectivity index (χ1n) is 22.6. The zero-order chi connectivity index (χ0) is 47.1. The van der Waals surface area contributed by atoms with Crippen molar-refractivity contribution in [1.29, 1.82) is 0 Å². The first kappa shape index (κ1) is 57.9. The summed E-state index contributed by atoms with van der Waals surface area (Å²) in [5.74, 6) is 2.88. The number of anilines is 4. The van der Waals surface area contributed by atoms with Crippen molar-refractivity contribution in [2.24, 2.45) is 10.7 Å². The molecule has 2 saturated heterocycles. The molecule has 2 fully saturated rings. The molecule has 1 aromatic heterocycles. The molecule has 68 heavy (non-hydrogen) atoms. The van der Waals surface area contributed by atoms with E-state index in [-0.39, 0.29) is 34.7 Å². The van der Waals surface area contributed by atoms with Gasteiger partial charge in [-0.1, -0.05) is 104 Å². The molecule has 7 rings (SSSR count). The predicted octanol–water partition coefficient (Wildman–Crippen LogP) is 11.2. The van der Waals surface area contributed by atoms with Gasteiger partial charge >= 0.3 is 0 Å². The number of carbonyl (C=O) groups excluding carboxylic acids is 2. The lowest BCUT2D eigenvalue weighted by Gasteiger charge is -2.15. The van der Waals surface area contributed by atoms with E-state index in [1.807, 2.05) is 104 Å². The highest BCUT2D eigenvalue weighted by Crippen LogP contribution is 2.30. The fourth-order valence-electron chi connectivity index (χ4n) is 7.08. The second-order valence-corrected chi connectivity index (χ2v) is 18.7. The van der Waals surface area contributed by atoms with Crippen LogP contribution < -0.4 is 31.6 Å². The maximum absolute atomic E-state index is 12.9. The lowest BCUT2D eigenvalue weighted by atomic mass is 10.1. The van der Waals surface area contributed by atoms with Crippen molar-refractivity contribution in [3.8, 4) is 11.5 Å². The number of aryl methyl sites for hydroxylation is 2. The lowest BCUT2D eigenvalue weighted by Crippen LogP contribution is -2.25. The summed E-state index contributed by atoms with van der Waals surface area (Å²) >= 11 is 11.0. The normalized spacial score (nSPS) is 13.4. The van der Waals surface area contributed by atoms with Crippen molar-refractivity contribution >= 4 is 105 Å². The predicted molar refractivity (Wildman–Crippen MR) is 302 cm³/mol. The fraction of sp³-hybridized carbons (Fsp3) is 0.392. The van der Waals surface area contributed by atoms with Crippen LogP contribution in [0.2, 0.25) is 0 Å². The number of benzene rings is 4. The van der Waals surface area contributed by atoms with Crippen molar-refractivity contribution in [3.63, 3.8) is 0 Å². The molecule has 0 spiro atoms. The Morgan fingerprint density at radius 2 is 1.29 bits per heavy atom. The number of ether oxygens (including phenoxy) is 2. The number of aliphatic imine (C=N–C) groups is 1. The van der Waals surface area contributed by atoms with Crippen molar-refractivity contribution in [2.45, 2.75) is 66.7 Å². The average molecular weight is 1070 g/mol. The monoisotopic (exact) mass is 1060 g/mol. The molecule has 0 amide bonds. The molecular weight excluding hydrogens is 996 g/mol. The third-order valence-electron chi connectivity index (χ3n) is 10.7. The number of likely N-dealkylation sites (tertiary alicyclic amines) is 2. The molecule has 1 atom stereocenters. The summed E-state index contributed by atoms with van der Waals surface area (Å²) in [6.45, 7) is 14.3. The topological polar surface area (TPSA) is 160 Å². The fourth-order valence-corrected chi connectivity index (χ4v) is 8.99. The number of nitrogens with zero attached hydrogens (tertiary/aromatic N) is 4. The van der Waals surface area contributed by atoms with Crippen LogP contribution in [0.25, 0.3) is 0 Å². The van der Waals surface area contributed by atoms with Crippen molar-refractivity contribution < 1.29 is 19.1 Å². The Bertz CT molecular complexity index is 2320. The molecule has 2 aliphatic rings. The van der Waals surface area contributed by atoms with Gasteiger partial charge in [0, 0.05) is 35.6 Å². The molecule has 0 radical (unpaired) electrons. The van der Waals surface area contributed by atoms with Crippen LogP contribution in [0, 0.1) is 0 Å². The van der Waals surface area contributed by atoms with Crippen LogP contribution in [-0.4, -0.2) is 100 Å². The van der Waals surface area contributed by atoms with Gasteiger partial charge in [-0.2, -0.15) is 14.9 Å². The largest absolute Gasteiger partial charge is 0.492 e. The van der Waals surface area contributed by atoms with Gasteiger partial charge in [-0.25, -0.2) is 4.98 Å². The van der Waals surface area contributed by atoms with Gasteiger partial charge in [-0.05, 0) is 154 Å². The summed E-state index contributed by atoms with van der Waals surface area (Å²) in [5, 5.41) is 8.12. The number of nitrogens with two attached hydrogens (primary N) is 2. The standard InChI is InChI=1S/C24H28N4O2S.C16H24N4OS2.C10H11BrO.CH4.H3P/c1-2-17-6-5-7-18(16-17)21(29)22-23(25)27-24(31-22)26-19-8-10-20(11-9-19)30-15-14-28-12-3-4-13-28;1-2-23-15(17)19-16(22)18-13-5-7-14(8-6-13)21-12-11-20-9-3-4-10-20;1-2-8-4-3-5-9(6-8)10(12)7-11;;/h5-11,16H,2-4,12-15,25H2,1H3,(H,26,27);5-8H,2-4,9-12H2,1H3,(H3,17,18,19,22);3-6H,2,7H2,1H3;1H4;1H3. The Hall–Kier alpha value is -4.41. The van der Waals surface area contributed by atoms with E-state index in [9.17, 15) is 9.59 Å². The number of halogens is 1. The average Bonchev–Trinajstić information content (AvgIpc) is 4.14. The lowest BCUT2D eigenvalue weighted by molar-refractivity contribution is 0.102. The van der Waals surface area contributed by atoms with Crippen molar-refractivity contribution in [2.75, 3.05) is 79.9 Å². The number of thiocarbonyl (C=S) groups is 1. The molecular formula is C51H70BrN8O4PS3. The minimum Gasteiger partial charge on any atom is -0.492 e. The number of Topliss-reactive ketones (excluding diaryl/α,β-unsaturated/α-hetero) is 1. The second kappa shape index (κ2) is 31.7. The van der Waals surface area contributed by atoms with E-state index in [0.29, 0.717) is 37.8 Å². The number of ketones is 2. The molecule has 0 bridgehead atoms. The van der Waals surface area contributed by atoms with Gasteiger partial charge in [-0.15, -0.1) is 0 Å². The maximum Gasteiger partial charge on any atom is 0.206 e. The summed E-state index contributed by atoms with van der Waals surface area (Å²) in [6.07, 6.45) is 7.06. The van der Waals surface area contributed by atoms with Gasteiger partial charge in [0.2, 0.25) is 5.78 Å². The minimum atomic E-state index is -0.0971. The molecule has 5 aromatic rings. The van der Waals surface area contributed by atoms with Gasteiger partial charge in [0.15, 0.2) is 21.2 Å². The molecule has 12 nitrogen and oxygen atoms in total. The van der Waals surface area contributed by atoms with Gasteiger partial charge in [0.1, 0.15) is 35.4 Å². The Morgan fingerprint density at radius 3 is 1.79 bits per heavy atom. The van der Waals surface area contributed by atoms with E-state index < -0.39 is 0 Å². The molecule has 0 saturated carbocycles. The van der Waals surface area contributed by atoms with Crippen LogP contribution in [0.3, 0.4) is 0 Å². The maximum atomic E-state index is 12.9. The summed E-state index contributed by atoms with van der Waals surface area (Å²) in [5.41, 5.74) is 17.3. The number of nitrogen functional groups attached to an aromatic ring is 1. The van der Waals surface area contributed by atoms with E-state index in [1.54, 1.807) is 0 Å². The van der Waals surface area contributed by atoms with Crippen molar-refractivity contribution in [3.05, 3.63) is 124 Å². The van der Waals surface area contributed by atoms with Gasteiger partial charge < -0.3 is 31.6 Å². The van der Waals surface area contributed by atoms with E-state index in [2.05, 4.69) is 60.2 Å². The SMILES string of the molecule is C.CCSC(N)=NC(=S)Nc1ccc(OCCN2CCCC2)cc1.CCc1cccc(C(=O)CBr)c1.CCc1cccc(C(=O)c2sc(Nc3ccc(OCCN4CCCC4)cc3)nc2N)c1.P. The number of thioether (sulfide) groups is 1. The third kappa shape index (κ3) is 19.9. The van der Waals surface area contributed by atoms with Gasteiger partial charge in [0.05, 0.1) is 5.33 Å². The summed E-state index contributed by atoms with van der Waals surface area (Å²) < 4.78 is 11.6. The Balaban J connectivity index is 0.000000292. The van der Waals surface area contributed by atoms with Crippen LogP contribution in [0.1, 0.15) is 90.6 Å². The first-order valence-corrected chi connectivity index (χ1v) is 25.9. The minimum absolute atomic E-state index is 0. The Labute approximate surface area is 429 Å². The van der Waals surface area contributed by atoms with E-state index in [0.717, 1.165) is 72.3 Å². The van der Waals surface area contributed by atoms with E-state index >= 15 is 0 Å². The molecule has 1 unspecified atom stereocenters. The number of hydrogen-bond donors (Lipinski definition) is 4. The highest BCUT2D eigenvalue weighted by molar-refractivity contribution is 9.09. The number of carbonyl (C=O) groups is 2. The first-order chi connectivity index (χ1) is 32.1. The van der Waals surface area contributed by atoms with Crippen LogP contribution in [0.4, 0.5) is 22.3 Å². The van der Waals surface area contributed by atoms with Gasteiger partial charge in [-0.3, -0.25) is 19.4 Å². The third-order valence-corrected chi connectivity index (χ3v) is 13.1. The number of amidine groups is 1. The molecule has 3 heterocycles. The molecule has 0 aliphatic carbocycles. The smallest absolute Gasteiger partial charge is 0.206 e. The second-order valence-electron chi connectivity index (χ2n) is 15.5. The van der Waals surface area contributed by atoms with Gasteiger partial charge in [0.25, 0.3) is 0 Å². The molecule has 2 aliphatic heterocycles. The molecule has 368 valence electrons. The summed E-state index contributed by atoms with van der Waals surface area (Å²) in [6, 6.07) is 30.9. The zero-order valence-corrected chi connectivity index (χ0v) is 44.4. The van der Waals surface area contributed by atoms with E-state index in [1.165, 1.54) is 80.5 Å². The number of thiazole rings is 1. The summed E-state index contributed by atoms with van der Waals surface area (Å²) in [4.78, 5) is 37.9. The number of rotatable bonds is 18. The molecule has 4 aromatic carbocycles. The van der Waals surface area contributed by atoms with Crippen LogP contribution in [0.15, 0.2) is 102 Å². The van der Waals surface area contributed by atoms with Crippen LogP contribution in [0.5, 0.6) is 11.5 Å². The number of hydrogen-bond acceptors (Lipinski definition) is 12. The highest BCUT2D eigenvalue weighted by atomic mass is 79.9. The van der Waals surface area contributed by atoms with Crippen molar-refractivity contribution in [1.82, 2.24) is 14.8 Å². The van der Waals surface area contributed by atoms with Crippen LogP contribution in [-0.2, 0) is 12.8 Å². The number of nitrogens with one attached hydrogen (secondary N) is 2. The number of alkyl halides is 1. The number of aromatic nitrogens is 1. The molecule has 6 N–H and O–H groups in total. The Morgan fingerprint density at radius 1 is 0.794 bits per heavy atom. The summed E-state index contributed by atoms with van der Waals surface area (Å²) in [7, 11) is 0. The zero-order valence-electron chi connectivity index (χ0n) is 38.9. The molecule has 17 heteroatoms. The quantitative estimate of drug-likeness (QED) is 0.0164.